The summed E-state index contributed by atoms with van der Waals surface area (Å²) in [7, 11) is 0. The zero-order valence-corrected chi connectivity index (χ0v) is 16.0. The number of H-pyrrole nitrogens is 1. The van der Waals surface area contributed by atoms with Crippen molar-refractivity contribution in [2.24, 2.45) is 0 Å². The van der Waals surface area contributed by atoms with Crippen LogP contribution in [0.25, 0.3) is 22.4 Å². The van der Waals surface area contributed by atoms with Gasteiger partial charge in [0.05, 0.1) is 11.6 Å². The van der Waals surface area contributed by atoms with Gasteiger partial charge in [-0.1, -0.05) is 11.6 Å². The van der Waals surface area contributed by atoms with Crippen LogP contribution in [0, 0.1) is 0 Å². The smallest absolute Gasteiger partial charge is 0.345 e. The molecular formula is C18H15ClF4N6O. The number of pyridine rings is 1. The first-order chi connectivity index (χ1) is 14.2. The lowest BCUT2D eigenvalue weighted by molar-refractivity contribution is -0.139. The summed E-state index contributed by atoms with van der Waals surface area (Å²) in [5, 5.41) is 2.90. The molecule has 0 aromatic carbocycles. The van der Waals surface area contributed by atoms with Gasteiger partial charge in [-0.15, -0.1) is 0 Å². The van der Waals surface area contributed by atoms with Crippen molar-refractivity contribution in [2.45, 2.75) is 24.8 Å². The van der Waals surface area contributed by atoms with E-state index in [0.29, 0.717) is 21.6 Å². The second-order valence-corrected chi connectivity index (χ2v) is 7.26. The van der Waals surface area contributed by atoms with Gasteiger partial charge < -0.3 is 15.2 Å². The highest BCUT2D eigenvalue weighted by Crippen LogP contribution is 2.30. The van der Waals surface area contributed by atoms with E-state index in [4.69, 9.17) is 11.6 Å². The highest BCUT2D eigenvalue weighted by atomic mass is 35.5. The number of rotatable bonds is 4. The molecule has 1 aliphatic rings. The largest absolute Gasteiger partial charge is 0.405 e. The highest BCUT2D eigenvalue weighted by molar-refractivity contribution is 6.31. The Bertz CT molecular complexity index is 1090. The second kappa shape index (κ2) is 7.71. The molecule has 158 valence electrons. The molecule has 4 rings (SSSR count). The molecule has 0 aliphatic carbocycles. The van der Waals surface area contributed by atoms with E-state index >= 15 is 0 Å². The molecule has 4 heterocycles. The van der Waals surface area contributed by atoms with Crippen molar-refractivity contribution in [3.8, 4) is 11.4 Å². The van der Waals surface area contributed by atoms with Crippen LogP contribution in [-0.2, 0) is 4.79 Å². The maximum Gasteiger partial charge on any atom is 0.405 e. The number of nitrogens with one attached hydrogen (secondary N) is 2. The molecule has 3 aromatic rings. The summed E-state index contributed by atoms with van der Waals surface area (Å²) >= 11 is 6.01. The Labute approximate surface area is 172 Å². The Hall–Kier alpha value is -2.95. The summed E-state index contributed by atoms with van der Waals surface area (Å²) in [5.74, 6) is -0.396. The quantitative estimate of drug-likeness (QED) is 0.606. The van der Waals surface area contributed by atoms with E-state index < -0.39 is 30.8 Å². The van der Waals surface area contributed by atoms with Gasteiger partial charge in [-0.25, -0.2) is 19.3 Å². The molecule has 12 heteroatoms. The summed E-state index contributed by atoms with van der Waals surface area (Å²) in [4.78, 5) is 29.4. The number of anilines is 1. The van der Waals surface area contributed by atoms with Gasteiger partial charge in [0.25, 0.3) is 0 Å². The van der Waals surface area contributed by atoms with Crippen molar-refractivity contribution in [3.05, 3.63) is 35.7 Å². The number of carbonyl (C=O) groups is 1. The zero-order valence-electron chi connectivity index (χ0n) is 15.2. The number of aromatic amines is 1. The molecule has 2 atom stereocenters. The number of aromatic nitrogens is 4. The summed E-state index contributed by atoms with van der Waals surface area (Å²) in [6.45, 7) is -1.65. The van der Waals surface area contributed by atoms with Crippen LogP contribution in [0.15, 0.2) is 30.7 Å². The van der Waals surface area contributed by atoms with Gasteiger partial charge in [0.2, 0.25) is 5.91 Å². The number of hydrogen-bond donors (Lipinski definition) is 2. The lowest BCUT2D eigenvalue weighted by atomic mass is 10.2. The fourth-order valence-electron chi connectivity index (χ4n) is 3.39. The molecule has 2 N–H and O–H groups in total. The minimum atomic E-state index is -4.55. The second-order valence-electron chi connectivity index (χ2n) is 6.82. The molecule has 1 saturated heterocycles. The number of hydrogen-bond acceptors (Lipinski definition) is 5. The zero-order chi connectivity index (χ0) is 21.5. The van der Waals surface area contributed by atoms with E-state index in [-0.39, 0.29) is 24.6 Å². The molecule has 0 bridgehead atoms. The van der Waals surface area contributed by atoms with Crippen LogP contribution in [-0.4, -0.2) is 57.3 Å². The van der Waals surface area contributed by atoms with Gasteiger partial charge in [0.1, 0.15) is 30.2 Å². The molecule has 0 unspecified atom stereocenters. The molecule has 0 spiro atoms. The molecule has 1 aliphatic heterocycles. The third-order valence-corrected chi connectivity index (χ3v) is 4.90. The van der Waals surface area contributed by atoms with Gasteiger partial charge in [-0.3, -0.25) is 4.79 Å². The molecule has 3 aromatic heterocycles. The summed E-state index contributed by atoms with van der Waals surface area (Å²) < 4.78 is 51.3. The third kappa shape index (κ3) is 4.16. The number of alkyl halides is 4. The first-order valence-corrected chi connectivity index (χ1v) is 9.30. The maximum absolute atomic E-state index is 14.1. The lowest BCUT2D eigenvalue weighted by Gasteiger charge is -2.24. The standard InChI is InChI=1S/C18H15ClF4N6O/c19-9-3-11-12(6-26-15(11)25-5-9)16-24-2-1-14(28-16)29-7-10(20)4-13(29)17(30)27-8-18(21,22)23/h1-3,5-6,10,13H,4,7-8H2,(H,25,26)(H,27,30)/t10-,13+/m0/s1. The normalized spacial score (nSPS) is 19.4. The minimum absolute atomic E-state index is 0.165. The van der Waals surface area contributed by atoms with Crippen LogP contribution in [0.4, 0.5) is 23.4 Å². The topological polar surface area (TPSA) is 86.8 Å². The van der Waals surface area contributed by atoms with Crippen molar-refractivity contribution in [1.82, 2.24) is 25.3 Å². The lowest BCUT2D eigenvalue weighted by Crippen LogP contribution is -2.46. The molecule has 0 radical (unpaired) electrons. The molecule has 0 saturated carbocycles. The van der Waals surface area contributed by atoms with E-state index in [1.807, 2.05) is 5.32 Å². The van der Waals surface area contributed by atoms with Crippen LogP contribution in [0.5, 0.6) is 0 Å². The van der Waals surface area contributed by atoms with Crippen molar-refractivity contribution in [1.29, 1.82) is 0 Å². The third-order valence-electron chi connectivity index (χ3n) is 4.69. The van der Waals surface area contributed by atoms with Gasteiger partial charge in [-0.2, -0.15) is 13.2 Å². The Morgan fingerprint density at radius 3 is 2.93 bits per heavy atom. The molecular weight excluding hydrogens is 428 g/mol. The van der Waals surface area contributed by atoms with Crippen LogP contribution in [0.1, 0.15) is 6.42 Å². The molecule has 7 nitrogen and oxygen atoms in total. The first-order valence-electron chi connectivity index (χ1n) is 8.92. The molecule has 1 fully saturated rings. The fraction of sp³-hybridized carbons (Fsp3) is 0.333. The molecule has 30 heavy (non-hydrogen) atoms. The van der Waals surface area contributed by atoms with E-state index in [2.05, 4.69) is 19.9 Å². The van der Waals surface area contributed by atoms with Crippen LogP contribution in [0.3, 0.4) is 0 Å². The van der Waals surface area contributed by atoms with E-state index in [1.165, 1.54) is 23.4 Å². The predicted octanol–water partition coefficient (Wildman–Crippen LogP) is 3.27. The highest BCUT2D eigenvalue weighted by Gasteiger charge is 2.39. The average molecular weight is 443 g/mol. The first kappa shape index (κ1) is 20.3. The van der Waals surface area contributed by atoms with Crippen molar-refractivity contribution < 1.29 is 22.4 Å². The van der Waals surface area contributed by atoms with E-state index in [0.717, 1.165) is 0 Å². The number of carbonyl (C=O) groups excluding carboxylic acids is 1. The van der Waals surface area contributed by atoms with Gasteiger partial charge in [0.15, 0.2) is 5.82 Å². The summed E-state index contributed by atoms with van der Waals surface area (Å²) in [6, 6.07) is 2.06. The number of fused-ring (bicyclic) bond motifs is 1. The molecule has 1 amide bonds. The van der Waals surface area contributed by atoms with Crippen LogP contribution in [0.2, 0.25) is 5.02 Å². The summed E-state index contributed by atoms with van der Waals surface area (Å²) in [5.41, 5.74) is 1.16. The predicted molar refractivity (Wildman–Crippen MR) is 102 cm³/mol. The van der Waals surface area contributed by atoms with Crippen LogP contribution >= 0.6 is 11.6 Å². The minimum Gasteiger partial charge on any atom is -0.345 e. The average Bonchev–Trinajstić information content (AvgIpc) is 3.29. The van der Waals surface area contributed by atoms with Gasteiger partial charge >= 0.3 is 6.18 Å². The SMILES string of the molecule is O=C(NCC(F)(F)F)[C@H]1C[C@H](F)CN1c1ccnc(-c2c[nH]c3ncc(Cl)cc23)n1. The van der Waals surface area contributed by atoms with Crippen molar-refractivity contribution in [3.63, 3.8) is 0 Å². The fourth-order valence-corrected chi connectivity index (χ4v) is 3.55. The van der Waals surface area contributed by atoms with Crippen LogP contribution < -0.4 is 10.2 Å². The Kier molecular flexibility index (Phi) is 5.22. The number of amides is 1. The number of halogens is 5. The van der Waals surface area contributed by atoms with Crippen molar-refractivity contribution >= 4 is 34.4 Å². The summed E-state index contributed by atoms with van der Waals surface area (Å²) in [6.07, 6.45) is -1.60. The van der Waals surface area contributed by atoms with Gasteiger partial charge in [-0.05, 0) is 12.1 Å². The maximum atomic E-state index is 14.1. The van der Waals surface area contributed by atoms with Gasteiger partial charge in [0, 0.05) is 36.0 Å². The number of nitrogens with zero attached hydrogens (tertiary/aromatic N) is 4. The van der Waals surface area contributed by atoms with E-state index in [1.54, 1.807) is 12.3 Å². The Morgan fingerprint density at radius 1 is 1.37 bits per heavy atom. The monoisotopic (exact) mass is 442 g/mol. The Balaban J connectivity index is 1.63. The Morgan fingerprint density at radius 2 is 2.17 bits per heavy atom. The van der Waals surface area contributed by atoms with Crippen molar-refractivity contribution in [2.75, 3.05) is 18.0 Å². The van der Waals surface area contributed by atoms with E-state index in [9.17, 15) is 22.4 Å².